The van der Waals surface area contributed by atoms with Crippen LogP contribution < -0.4 is 0 Å². The Morgan fingerprint density at radius 2 is 2.27 bits per heavy atom. The van der Waals surface area contributed by atoms with Crippen LogP contribution >= 0.6 is 28.1 Å². The molecule has 82 valence electrons. The molecule has 0 aliphatic heterocycles. The predicted molar refractivity (Wildman–Crippen MR) is 67.6 cm³/mol. The van der Waals surface area contributed by atoms with Crippen molar-refractivity contribution >= 4 is 28.1 Å². The third kappa shape index (κ3) is 2.31. The molecular formula is C11H15BrN2S. The van der Waals surface area contributed by atoms with Gasteiger partial charge in [0.25, 0.3) is 0 Å². The Hall–Kier alpha value is -0.220. The van der Waals surface area contributed by atoms with E-state index < -0.39 is 0 Å². The maximum absolute atomic E-state index is 5.25. The molecular weight excluding hydrogens is 272 g/mol. The first-order valence-corrected chi connectivity index (χ1v) is 6.62. The average molecular weight is 287 g/mol. The maximum atomic E-state index is 5.25. The van der Waals surface area contributed by atoms with E-state index in [1.165, 1.54) is 12.1 Å². The smallest absolute Gasteiger partial charge is 0.144 e. The van der Waals surface area contributed by atoms with Gasteiger partial charge in [-0.1, -0.05) is 32.5 Å². The van der Waals surface area contributed by atoms with E-state index in [-0.39, 0.29) is 0 Å². The SMILES string of the molecule is CCCc1[nH]c(C2CC2C)nc(=S)c1Br. The number of H-pyrrole nitrogens is 1. The Morgan fingerprint density at radius 3 is 2.80 bits per heavy atom. The first-order valence-electron chi connectivity index (χ1n) is 5.42. The zero-order valence-corrected chi connectivity index (χ0v) is 11.4. The molecule has 0 spiro atoms. The van der Waals surface area contributed by atoms with Crippen molar-refractivity contribution < 1.29 is 0 Å². The highest BCUT2D eigenvalue weighted by atomic mass is 79.9. The van der Waals surface area contributed by atoms with E-state index in [9.17, 15) is 0 Å². The molecule has 1 aromatic heterocycles. The van der Waals surface area contributed by atoms with Gasteiger partial charge < -0.3 is 4.98 Å². The first kappa shape index (κ1) is 11.3. The summed E-state index contributed by atoms with van der Waals surface area (Å²) in [5.74, 6) is 2.45. The maximum Gasteiger partial charge on any atom is 0.144 e. The summed E-state index contributed by atoms with van der Waals surface area (Å²) in [5, 5.41) is 0. The molecule has 0 aromatic carbocycles. The van der Waals surface area contributed by atoms with Gasteiger partial charge in [-0.3, -0.25) is 0 Å². The van der Waals surface area contributed by atoms with Crippen molar-refractivity contribution in [1.29, 1.82) is 0 Å². The van der Waals surface area contributed by atoms with Gasteiger partial charge in [0.15, 0.2) is 0 Å². The molecule has 1 aromatic rings. The summed E-state index contributed by atoms with van der Waals surface area (Å²) in [6.45, 7) is 4.42. The van der Waals surface area contributed by atoms with Crippen LogP contribution in [-0.2, 0) is 6.42 Å². The molecule has 1 heterocycles. The second-order valence-electron chi connectivity index (χ2n) is 4.29. The van der Waals surface area contributed by atoms with Crippen LogP contribution in [0.15, 0.2) is 4.47 Å². The fraction of sp³-hybridized carbons (Fsp3) is 0.636. The summed E-state index contributed by atoms with van der Waals surface area (Å²) in [5.41, 5.74) is 1.20. The molecule has 1 N–H and O–H groups in total. The summed E-state index contributed by atoms with van der Waals surface area (Å²) >= 11 is 8.75. The first-order chi connectivity index (χ1) is 7.13. The molecule has 1 fully saturated rings. The quantitative estimate of drug-likeness (QED) is 0.852. The summed E-state index contributed by atoms with van der Waals surface area (Å²) in [6.07, 6.45) is 3.39. The zero-order valence-electron chi connectivity index (χ0n) is 9.01. The fourth-order valence-corrected chi connectivity index (χ4v) is 2.43. The Balaban J connectivity index is 2.37. The van der Waals surface area contributed by atoms with E-state index >= 15 is 0 Å². The highest BCUT2D eigenvalue weighted by Gasteiger charge is 2.36. The molecule has 15 heavy (non-hydrogen) atoms. The van der Waals surface area contributed by atoms with Crippen molar-refractivity contribution in [3.63, 3.8) is 0 Å². The van der Waals surface area contributed by atoms with E-state index in [0.717, 1.165) is 29.1 Å². The summed E-state index contributed by atoms with van der Waals surface area (Å²) in [4.78, 5) is 7.86. The van der Waals surface area contributed by atoms with Gasteiger partial charge in [0.05, 0.1) is 4.47 Å². The van der Waals surface area contributed by atoms with Gasteiger partial charge in [-0.25, -0.2) is 4.98 Å². The van der Waals surface area contributed by atoms with Gasteiger partial charge in [0.2, 0.25) is 0 Å². The van der Waals surface area contributed by atoms with Gasteiger partial charge in [-0.05, 0) is 34.7 Å². The van der Waals surface area contributed by atoms with Crippen LogP contribution in [0, 0.1) is 10.6 Å². The lowest BCUT2D eigenvalue weighted by Gasteiger charge is -2.06. The third-order valence-corrected chi connectivity index (χ3v) is 4.33. The van der Waals surface area contributed by atoms with E-state index in [1.54, 1.807) is 0 Å². The average Bonchev–Trinajstić information content (AvgIpc) is 2.91. The number of hydrogen-bond donors (Lipinski definition) is 1. The molecule has 0 radical (unpaired) electrons. The van der Waals surface area contributed by atoms with Crippen LogP contribution in [0.1, 0.15) is 44.1 Å². The van der Waals surface area contributed by atoms with E-state index in [1.807, 2.05) is 0 Å². The minimum atomic E-state index is 0.607. The minimum absolute atomic E-state index is 0.607. The van der Waals surface area contributed by atoms with Crippen LogP contribution in [0.2, 0.25) is 0 Å². The van der Waals surface area contributed by atoms with Crippen molar-refractivity contribution in [2.75, 3.05) is 0 Å². The summed E-state index contributed by atoms with van der Waals surface area (Å²) in [7, 11) is 0. The molecule has 2 unspecified atom stereocenters. The molecule has 0 saturated heterocycles. The number of halogens is 1. The Kier molecular flexibility index (Phi) is 3.26. The highest BCUT2D eigenvalue weighted by Crippen LogP contribution is 2.45. The molecule has 1 saturated carbocycles. The Labute approximate surface area is 104 Å². The van der Waals surface area contributed by atoms with Crippen LogP contribution in [0.25, 0.3) is 0 Å². The number of nitrogens with zero attached hydrogens (tertiary/aromatic N) is 1. The number of aromatic nitrogens is 2. The van der Waals surface area contributed by atoms with Crippen LogP contribution in [0.4, 0.5) is 0 Å². The number of nitrogens with one attached hydrogen (secondary N) is 1. The number of aryl methyl sites for hydroxylation is 1. The van der Waals surface area contributed by atoms with E-state index in [0.29, 0.717) is 10.6 Å². The van der Waals surface area contributed by atoms with Crippen LogP contribution in [0.5, 0.6) is 0 Å². The molecule has 2 atom stereocenters. The van der Waals surface area contributed by atoms with Crippen molar-refractivity contribution in [2.45, 2.75) is 39.0 Å². The normalized spacial score (nSPS) is 24.2. The van der Waals surface area contributed by atoms with Gasteiger partial charge in [0.1, 0.15) is 10.5 Å². The monoisotopic (exact) mass is 286 g/mol. The molecule has 0 bridgehead atoms. The van der Waals surface area contributed by atoms with Crippen LogP contribution in [0.3, 0.4) is 0 Å². The van der Waals surface area contributed by atoms with Gasteiger partial charge in [-0.15, -0.1) is 0 Å². The summed E-state index contributed by atoms with van der Waals surface area (Å²) < 4.78 is 1.67. The summed E-state index contributed by atoms with van der Waals surface area (Å²) in [6, 6.07) is 0. The Bertz CT molecular complexity index is 427. The van der Waals surface area contributed by atoms with Gasteiger partial charge in [0, 0.05) is 11.6 Å². The molecule has 4 heteroatoms. The Morgan fingerprint density at radius 1 is 1.60 bits per heavy atom. The molecule has 0 amide bonds. The van der Waals surface area contributed by atoms with Gasteiger partial charge >= 0.3 is 0 Å². The lowest BCUT2D eigenvalue weighted by Crippen LogP contribution is -2.01. The van der Waals surface area contributed by atoms with Crippen molar-refractivity contribution in [3.8, 4) is 0 Å². The number of rotatable bonds is 3. The number of aromatic amines is 1. The largest absolute Gasteiger partial charge is 0.346 e. The van der Waals surface area contributed by atoms with Crippen LogP contribution in [-0.4, -0.2) is 9.97 Å². The predicted octanol–water partition coefficient (Wildman–Crippen LogP) is 3.98. The zero-order chi connectivity index (χ0) is 11.0. The van der Waals surface area contributed by atoms with E-state index in [4.69, 9.17) is 12.2 Å². The molecule has 2 rings (SSSR count). The standard InChI is InChI=1S/C11H15BrN2S/c1-3-4-8-9(12)11(15)14-10(13-8)7-5-6(7)2/h6-7H,3-5H2,1-2H3,(H,13,14,15). The molecule has 1 aliphatic rings. The minimum Gasteiger partial charge on any atom is -0.346 e. The van der Waals surface area contributed by atoms with Crippen molar-refractivity contribution in [2.24, 2.45) is 5.92 Å². The van der Waals surface area contributed by atoms with Gasteiger partial charge in [-0.2, -0.15) is 0 Å². The highest BCUT2D eigenvalue weighted by molar-refractivity contribution is 9.10. The molecule has 2 nitrogen and oxygen atoms in total. The lowest BCUT2D eigenvalue weighted by molar-refractivity contribution is 0.790. The fourth-order valence-electron chi connectivity index (χ4n) is 1.83. The van der Waals surface area contributed by atoms with Crippen molar-refractivity contribution in [1.82, 2.24) is 9.97 Å². The van der Waals surface area contributed by atoms with E-state index in [2.05, 4.69) is 39.7 Å². The second kappa shape index (κ2) is 4.34. The second-order valence-corrected chi connectivity index (χ2v) is 5.47. The lowest BCUT2D eigenvalue weighted by atomic mass is 10.2. The third-order valence-electron chi connectivity index (χ3n) is 2.91. The van der Waals surface area contributed by atoms with Crippen molar-refractivity contribution in [3.05, 3.63) is 20.6 Å². The molecule has 1 aliphatic carbocycles. The topological polar surface area (TPSA) is 28.7 Å². The number of hydrogen-bond acceptors (Lipinski definition) is 2.